The Bertz CT molecular complexity index is 853. The SMILES string of the molecule is Cn1cnc2ccc(C(=O)N[C@H](C(=O)O)C3CCCC3)cc2c1=O. The third kappa shape index (κ3) is 3.02. The van der Waals surface area contributed by atoms with Gasteiger partial charge < -0.3 is 15.0 Å². The molecule has 1 heterocycles. The maximum atomic E-state index is 12.5. The second kappa shape index (κ2) is 6.43. The van der Waals surface area contributed by atoms with E-state index >= 15 is 0 Å². The Balaban J connectivity index is 1.88. The number of amides is 1. The van der Waals surface area contributed by atoms with Gasteiger partial charge in [-0.15, -0.1) is 0 Å². The molecule has 24 heavy (non-hydrogen) atoms. The molecule has 1 amide bonds. The fourth-order valence-corrected chi connectivity index (χ4v) is 3.25. The molecule has 2 N–H and O–H groups in total. The van der Waals surface area contributed by atoms with Crippen LogP contribution in [-0.2, 0) is 11.8 Å². The highest BCUT2D eigenvalue weighted by Crippen LogP contribution is 2.28. The maximum Gasteiger partial charge on any atom is 0.326 e. The Morgan fingerprint density at radius 1 is 1.33 bits per heavy atom. The second-order valence-corrected chi connectivity index (χ2v) is 6.23. The molecule has 7 heteroatoms. The number of nitrogens with one attached hydrogen (secondary N) is 1. The molecule has 0 aliphatic heterocycles. The van der Waals surface area contributed by atoms with Crippen molar-refractivity contribution in [2.45, 2.75) is 31.7 Å². The van der Waals surface area contributed by atoms with Crippen molar-refractivity contribution in [1.82, 2.24) is 14.9 Å². The van der Waals surface area contributed by atoms with Crippen LogP contribution in [0.5, 0.6) is 0 Å². The molecule has 0 bridgehead atoms. The number of rotatable bonds is 4. The smallest absolute Gasteiger partial charge is 0.326 e. The van der Waals surface area contributed by atoms with E-state index in [1.807, 2.05) is 0 Å². The minimum atomic E-state index is -1.02. The summed E-state index contributed by atoms with van der Waals surface area (Å²) in [5, 5.41) is 12.3. The van der Waals surface area contributed by atoms with Crippen LogP contribution in [0, 0.1) is 5.92 Å². The van der Waals surface area contributed by atoms with Crippen LogP contribution in [0.1, 0.15) is 36.0 Å². The molecular formula is C17H19N3O4. The molecule has 0 unspecified atom stereocenters. The number of carbonyl (C=O) groups is 2. The monoisotopic (exact) mass is 329 g/mol. The summed E-state index contributed by atoms with van der Waals surface area (Å²) in [4.78, 5) is 40.2. The van der Waals surface area contributed by atoms with Crippen molar-refractivity contribution in [3.63, 3.8) is 0 Å². The number of aryl methyl sites for hydroxylation is 1. The topological polar surface area (TPSA) is 101 Å². The quantitative estimate of drug-likeness (QED) is 0.880. The molecule has 0 radical (unpaired) electrons. The van der Waals surface area contributed by atoms with Gasteiger partial charge in [-0.1, -0.05) is 12.8 Å². The Hall–Kier alpha value is -2.70. The summed E-state index contributed by atoms with van der Waals surface area (Å²) in [5.74, 6) is -1.54. The Morgan fingerprint density at radius 3 is 2.71 bits per heavy atom. The van der Waals surface area contributed by atoms with Gasteiger partial charge in [-0.2, -0.15) is 0 Å². The third-order valence-electron chi connectivity index (χ3n) is 4.60. The Kier molecular flexibility index (Phi) is 4.33. The lowest BCUT2D eigenvalue weighted by atomic mass is 9.97. The average molecular weight is 329 g/mol. The number of aliphatic carboxylic acids is 1. The molecule has 1 fully saturated rings. The zero-order chi connectivity index (χ0) is 17.3. The third-order valence-corrected chi connectivity index (χ3v) is 4.60. The molecule has 1 aliphatic rings. The van der Waals surface area contributed by atoms with E-state index in [0.717, 1.165) is 25.7 Å². The van der Waals surface area contributed by atoms with Crippen molar-refractivity contribution in [3.8, 4) is 0 Å². The van der Waals surface area contributed by atoms with Gasteiger partial charge >= 0.3 is 5.97 Å². The number of hydrogen-bond acceptors (Lipinski definition) is 4. The van der Waals surface area contributed by atoms with Gasteiger partial charge in [0.05, 0.1) is 17.2 Å². The zero-order valence-electron chi connectivity index (χ0n) is 13.4. The minimum absolute atomic E-state index is 0.0403. The normalized spacial score (nSPS) is 16.2. The standard InChI is InChI=1S/C17H19N3O4/c1-20-9-18-13-7-6-11(8-12(13)16(20)22)15(21)19-14(17(23)24)10-4-2-3-5-10/h6-10,14H,2-5H2,1H3,(H,19,21)(H,23,24)/t14-/m0/s1. The van der Waals surface area contributed by atoms with Crippen molar-refractivity contribution in [2.24, 2.45) is 13.0 Å². The summed E-state index contributed by atoms with van der Waals surface area (Å²) in [6.45, 7) is 0. The summed E-state index contributed by atoms with van der Waals surface area (Å²) >= 11 is 0. The van der Waals surface area contributed by atoms with Crippen molar-refractivity contribution in [3.05, 3.63) is 40.4 Å². The molecule has 1 saturated carbocycles. The molecule has 1 aliphatic carbocycles. The van der Waals surface area contributed by atoms with Gasteiger partial charge in [0, 0.05) is 12.6 Å². The first-order chi connectivity index (χ1) is 11.5. The molecule has 0 spiro atoms. The van der Waals surface area contributed by atoms with Crippen LogP contribution in [0.25, 0.3) is 10.9 Å². The summed E-state index contributed by atoms with van der Waals surface area (Å²) in [6, 6.07) is 3.72. The van der Waals surface area contributed by atoms with Gasteiger partial charge in [-0.3, -0.25) is 9.59 Å². The van der Waals surface area contributed by atoms with Crippen LogP contribution in [0.4, 0.5) is 0 Å². The summed E-state index contributed by atoms with van der Waals surface area (Å²) in [5.41, 5.74) is 0.511. The molecule has 1 aromatic heterocycles. The summed E-state index contributed by atoms with van der Waals surface area (Å²) in [7, 11) is 1.59. The van der Waals surface area contributed by atoms with E-state index in [1.165, 1.54) is 17.0 Å². The lowest BCUT2D eigenvalue weighted by Crippen LogP contribution is -2.45. The van der Waals surface area contributed by atoms with Gasteiger partial charge in [-0.05, 0) is 37.0 Å². The lowest BCUT2D eigenvalue weighted by Gasteiger charge is -2.20. The number of nitrogens with zero attached hydrogens (tertiary/aromatic N) is 2. The highest BCUT2D eigenvalue weighted by molar-refractivity contribution is 5.99. The Labute approximate surface area is 138 Å². The number of aromatic nitrogens is 2. The number of benzene rings is 1. The van der Waals surface area contributed by atoms with Crippen molar-refractivity contribution >= 4 is 22.8 Å². The number of carbonyl (C=O) groups excluding carboxylic acids is 1. The molecule has 0 saturated heterocycles. The van der Waals surface area contributed by atoms with Crippen molar-refractivity contribution in [1.29, 1.82) is 0 Å². The van der Waals surface area contributed by atoms with E-state index in [1.54, 1.807) is 19.2 Å². The van der Waals surface area contributed by atoms with E-state index in [2.05, 4.69) is 10.3 Å². The average Bonchev–Trinajstić information content (AvgIpc) is 3.09. The van der Waals surface area contributed by atoms with Crippen molar-refractivity contribution < 1.29 is 14.7 Å². The van der Waals surface area contributed by atoms with Crippen LogP contribution in [0.15, 0.2) is 29.3 Å². The van der Waals surface area contributed by atoms with E-state index in [9.17, 15) is 19.5 Å². The first-order valence-corrected chi connectivity index (χ1v) is 7.96. The van der Waals surface area contributed by atoms with Crippen LogP contribution < -0.4 is 10.9 Å². The van der Waals surface area contributed by atoms with Crippen LogP contribution >= 0.6 is 0 Å². The van der Waals surface area contributed by atoms with Gasteiger partial charge in [0.2, 0.25) is 0 Å². The lowest BCUT2D eigenvalue weighted by molar-refractivity contribution is -0.140. The molecular weight excluding hydrogens is 310 g/mol. The largest absolute Gasteiger partial charge is 0.480 e. The van der Waals surface area contributed by atoms with Crippen LogP contribution in [0.2, 0.25) is 0 Å². The minimum Gasteiger partial charge on any atom is -0.480 e. The molecule has 3 rings (SSSR count). The predicted molar refractivity (Wildman–Crippen MR) is 87.8 cm³/mol. The predicted octanol–water partition coefficient (Wildman–Crippen LogP) is 1.31. The molecule has 2 aromatic rings. The van der Waals surface area contributed by atoms with Crippen molar-refractivity contribution in [2.75, 3.05) is 0 Å². The molecule has 1 aromatic carbocycles. The molecule has 126 valence electrons. The van der Waals surface area contributed by atoms with Crippen LogP contribution in [-0.4, -0.2) is 32.6 Å². The number of carboxylic acids is 1. The molecule has 1 atom stereocenters. The van der Waals surface area contributed by atoms with Gasteiger partial charge in [-0.25, -0.2) is 9.78 Å². The van der Waals surface area contributed by atoms with E-state index in [0.29, 0.717) is 10.9 Å². The zero-order valence-corrected chi connectivity index (χ0v) is 13.4. The number of carboxylic acid groups (broad SMARTS) is 1. The highest BCUT2D eigenvalue weighted by Gasteiger charge is 2.32. The summed E-state index contributed by atoms with van der Waals surface area (Å²) in [6.07, 6.45) is 5.01. The summed E-state index contributed by atoms with van der Waals surface area (Å²) < 4.78 is 1.34. The first kappa shape index (κ1) is 16.2. The second-order valence-electron chi connectivity index (χ2n) is 6.23. The van der Waals surface area contributed by atoms with Crippen LogP contribution in [0.3, 0.4) is 0 Å². The highest BCUT2D eigenvalue weighted by atomic mass is 16.4. The van der Waals surface area contributed by atoms with Gasteiger partial charge in [0.15, 0.2) is 0 Å². The maximum absolute atomic E-state index is 12.5. The van der Waals surface area contributed by atoms with E-state index in [-0.39, 0.29) is 17.0 Å². The fourth-order valence-electron chi connectivity index (χ4n) is 3.25. The number of fused-ring (bicyclic) bond motifs is 1. The first-order valence-electron chi connectivity index (χ1n) is 7.96. The van der Waals surface area contributed by atoms with E-state index in [4.69, 9.17) is 0 Å². The number of hydrogen-bond donors (Lipinski definition) is 2. The van der Waals surface area contributed by atoms with Gasteiger partial charge in [0.1, 0.15) is 6.04 Å². The van der Waals surface area contributed by atoms with Gasteiger partial charge in [0.25, 0.3) is 11.5 Å². The fraction of sp³-hybridized carbons (Fsp3) is 0.412. The Morgan fingerprint density at radius 2 is 2.04 bits per heavy atom. The van der Waals surface area contributed by atoms with E-state index < -0.39 is 17.9 Å². The molecule has 7 nitrogen and oxygen atoms in total.